The molecule has 118 valence electrons. The van der Waals surface area contributed by atoms with Crippen LogP contribution in [0.4, 0.5) is 14.5 Å². The minimum Gasteiger partial charge on any atom is -0.434 e. The third kappa shape index (κ3) is 4.87. The van der Waals surface area contributed by atoms with Crippen LogP contribution in [-0.2, 0) is 0 Å². The first-order chi connectivity index (χ1) is 9.76. The van der Waals surface area contributed by atoms with E-state index in [1.54, 1.807) is 7.05 Å². The Morgan fingerprint density at radius 2 is 2.10 bits per heavy atom. The van der Waals surface area contributed by atoms with E-state index in [1.165, 1.54) is 12.1 Å². The van der Waals surface area contributed by atoms with Crippen molar-refractivity contribution >= 4 is 21.6 Å². The highest BCUT2D eigenvalue weighted by atomic mass is 79.9. The Morgan fingerprint density at radius 3 is 2.52 bits per heavy atom. The van der Waals surface area contributed by atoms with E-state index >= 15 is 0 Å². The number of hydrogen-bond donors (Lipinski definition) is 1. The Bertz CT molecular complexity index is 515. The van der Waals surface area contributed by atoms with Crippen molar-refractivity contribution in [3.8, 4) is 5.75 Å². The maximum absolute atomic E-state index is 12.4. The van der Waals surface area contributed by atoms with Gasteiger partial charge < -0.3 is 15.0 Å². The fraction of sp³-hybridized carbons (Fsp3) is 0.500. The van der Waals surface area contributed by atoms with Gasteiger partial charge >= 0.3 is 6.61 Å². The van der Waals surface area contributed by atoms with E-state index in [-0.39, 0.29) is 21.5 Å². The summed E-state index contributed by atoms with van der Waals surface area (Å²) in [4.78, 5) is 12.5. The molecule has 1 N–H and O–H groups in total. The SMILES string of the molecule is CNC(CN(C)C)c1cc(OC(F)F)c(Br)cc1[N+](=O)[O-]. The van der Waals surface area contributed by atoms with Crippen LogP contribution in [0.25, 0.3) is 0 Å². The molecule has 0 heterocycles. The van der Waals surface area contributed by atoms with Crippen LogP contribution in [0.3, 0.4) is 0 Å². The van der Waals surface area contributed by atoms with Gasteiger partial charge in [0.2, 0.25) is 0 Å². The third-order valence-electron chi connectivity index (χ3n) is 2.77. The summed E-state index contributed by atoms with van der Waals surface area (Å²) in [6, 6.07) is 2.04. The summed E-state index contributed by atoms with van der Waals surface area (Å²) in [5, 5.41) is 14.1. The van der Waals surface area contributed by atoms with Crippen molar-refractivity contribution in [1.82, 2.24) is 10.2 Å². The van der Waals surface area contributed by atoms with Crippen molar-refractivity contribution in [2.24, 2.45) is 0 Å². The molecule has 0 aliphatic rings. The average molecular weight is 368 g/mol. The number of ether oxygens (including phenoxy) is 1. The maximum Gasteiger partial charge on any atom is 0.387 e. The minimum atomic E-state index is -3.00. The van der Waals surface area contributed by atoms with Gasteiger partial charge in [-0.05, 0) is 43.1 Å². The Morgan fingerprint density at radius 1 is 1.48 bits per heavy atom. The predicted molar refractivity (Wildman–Crippen MR) is 77.8 cm³/mol. The van der Waals surface area contributed by atoms with E-state index < -0.39 is 17.6 Å². The van der Waals surface area contributed by atoms with Crippen molar-refractivity contribution in [2.75, 3.05) is 27.7 Å². The molecule has 6 nitrogen and oxygen atoms in total. The van der Waals surface area contributed by atoms with Crippen LogP contribution >= 0.6 is 15.9 Å². The van der Waals surface area contributed by atoms with Crippen LogP contribution < -0.4 is 10.1 Å². The number of alkyl halides is 2. The highest BCUT2D eigenvalue weighted by Crippen LogP contribution is 2.36. The van der Waals surface area contributed by atoms with Crippen LogP contribution in [0.1, 0.15) is 11.6 Å². The smallest absolute Gasteiger partial charge is 0.387 e. The zero-order valence-electron chi connectivity index (χ0n) is 11.8. The Hall–Kier alpha value is -1.32. The molecule has 0 aliphatic heterocycles. The van der Waals surface area contributed by atoms with E-state index in [2.05, 4.69) is 26.0 Å². The first-order valence-corrected chi connectivity index (χ1v) is 6.80. The van der Waals surface area contributed by atoms with E-state index in [1.807, 2.05) is 19.0 Å². The minimum absolute atomic E-state index is 0.109. The van der Waals surface area contributed by atoms with Gasteiger partial charge in [0.25, 0.3) is 5.69 Å². The lowest BCUT2D eigenvalue weighted by molar-refractivity contribution is -0.385. The van der Waals surface area contributed by atoms with Crippen LogP contribution in [0, 0.1) is 10.1 Å². The summed E-state index contributed by atoms with van der Waals surface area (Å²) in [5.41, 5.74) is 0.125. The molecule has 1 rings (SSSR count). The van der Waals surface area contributed by atoms with Gasteiger partial charge in [-0.2, -0.15) is 8.78 Å². The third-order valence-corrected chi connectivity index (χ3v) is 3.39. The molecule has 21 heavy (non-hydrogen) atoms. The first-order valence-electron chi connectivity index (χ1n) is 6.00. The number of likely N-dealkylation sites (N-methyl/N-ethyl adjacent to an activating group) is 2. The number of rotatable bonds is 7. The molecule has 0 fully saturated rings. The summed E-state index contributed by atoms with van der Waals surface area (Å²) in [6.45, 7) is -2.54. The van der Waals surface area contributed by atoms with Gasteiger partial charge in [0.05, 0.1) is 21.0 Å². The van der Waals surface area contributed by atoms with E-state index in [0.29, 0.717) is 6.54 Å². The summed E-state index contributed by atoms with van der Waals surface area (Å²) in [6.07, 6.45) is 0. The molecule has 1 unspecified atom stereocenters. The summed E-state index contributed by atoms with van der Waals surface area (Å²) < 4.78 is 29.3. The van der Waals surface area contributed by atoms with Gasteiger partial charge in [0.1, 0.15) is 5.75 Å². The monoisotopic (exact) mass is 367 g/mol. The standard InChI is InChI=1S/C12H16BrF2N3O3/c1-16-9(6-17(2)3)7-4-11(21-12(14)15)8(13)5-10(7)18(19)20/h4-5,9,12,16H,6H2,1-3H3. The van der Waals surface area contributed by atoms with Crippen molar-refractivity contribution in [1.29, 1.82) is 0 Å². The molecule has 0 amide bonds. The van der Waals surface area contributed by atoms with Crippen molar-refractivity contribution in [3.05, 3.63) is 32.3 Å². The van der Waals surface area contributed by atoms with Gasteiger partial charge in [-0.15, -0.1) is 0 Å². The van der Waals surface area contributed by atoms with E-state index in [9.17, 15) is 18.9 Å². The molecule has 0 saturated carbocycles. The summed E-state index contributed by atoms with van der Waals surface area (Å²) in [7, 11) is 5.27. The Balaban J connectivity index is 3.33. The zero-order chi connectivity index (χ0) is 16.2. The largest absolute Gasteiger partial charge is 0.434 e. The van der Waals surface area contributed by atoms with E-state index in [4.69, 9.17) is 0 Å². The lowest BCUT2D eigenvalue weighted by atomic mass is 10.0. The Labute approximate surface area is 129 Å². The zero-order valence-corrected chi connectivity index (χ0v) is 13.4. The second-order valence-corrected chi connectivity index (χ2v) is 5.43. The van der Waals surface area contributed by atoms with Crippen LogP contribution in [0.2, 0.25) is 0 Å². The van der Waals surface area contributed by atoms with Gasteiger partial charge in [0, 0.05) is 12.6 Å². The molecule has 9 heteroatoms. The quantitative estimate of drug-likeness (QED) is 0.592. The molecule has 0 aromatic heterocycles. The lowest BCUT2D eigenvalue weighted by Crippen LogP contribution is -2.29. The molecular formula is C12H16BrF2N3O3. The topological polar surface area (TPSA) is 67.6 Å². The van der Waals surface area contributed by atoms with Crippen LogP contribution in [0.15, 0.2) is 16.6 Å². The number of hydrogen-bond acceptors (Lipinski definition) is 5. The van der Waals surface area contributed by atoms with E-state index in [0.717, 1.165) is 0 Å². The highest BCUT2D eigenvalue weighted by Gasteiger charge is 2.25. The molecule has 0 spiro atoms. The summed E-state index contributed by atoms with van der Waals surface area (Å²) in [5.74, 6) is -0.135. The molecule has 0 radical (unpaired) electrons. The molecular weight excluding hydrogens is 352 g/mol. The summed E-state index contributed by atoms with van der Waals surface area (Å²) >= 11 is 3.01. The number of nitrogens with one attached hydrogen (secondary N) is 1. The second kappa shape index (κ2) is 7.62. The molecule has 0 bridgehead atoms. The van der Waals surface area contributed by atoms with Crippen molar-refractivity contribution < 1.29 is 18.4 Å². The number of nitrogens with zero attached hydrogens (tertiary/aromatic N) is 2. The van der Waals surface area contributed by atoms with Crippen LogP contribution in [0.5, 0.6) is 5.75 Å². The molecule has 0 saturated heterocycles. The van der Waals surface area contributed by atoms with Gasteiger partial charge in [-0.3, -0.25) is 10.1 Å². The number of halogens is 3. The second-order valence-electron chi connectivity index (χ2n) is 4.58. The predicted octanol–water partition coefficient (Wildman–Crippen LogP) is 2.78. The molecule has 1 atom stereocenters. The molecule has 0 aliphatic carbocycles. The number of nitro groups is 1. The van der Waals surface area contributed by atoms with Gasteiger partial charge in [0.15, 0.2) is 0 Å². The maximum atomic E-state index is 12.4. The number of nitro benzene ring substituents is 1. The highest BCUT2D eigenvalue weighted by molar-refractivity contribution is 9.10. The van der Waals surface area contributed by atoms with Crippen molar-refractivity contribution in [3.63, 3.8) is 0 Å². The molecule has 1 aromatic carbocycles. The normalized spacial score (nSPS) is 12.8. The fourth-order valence-electron chi connectivity index (χ4n) is 1.89. The fourth-order valence-corrected chi connectivity index (χ4v) is 2.32. The van der Waals surface area contributed by atoms with Crippen molar-refractivity contribution in [2.45, 2.75) is 12.7 Å². The number of benzene rings is 1. The molecule has 1 aromatic rings. The lowest BCUT2D eigenvalue weighted by Gasteiger charge is -2.21. The first kappa shape index (κ1) is 17.7. The van der Waals surface area contributed by atoms with Gasteiger partial charge in [-0.1, -0.05) is 0 Å². The Kier molecular flexibility index (Phi) is 6.43. The average Bonchev–Trinajstić information content (AvgIpc) is 2.37. The van der Waals surface area contributed by atoms with Gasteiger partial charge in [-0.25, -0.2) is 0 Å². The van der Waals surface area contributed by atoms with Crippen LogP contribution in [-0.4, -0.2) is 44.1 Å².